The van der Waals surface area contributed by atoms with E-state index in [0.29, 0.717) is 22.9 Å². The number of nitrogens with zero attached hydrogens (tertiary/aromatic N) is 1. The maximum atomic E-state index is 5.95. The molecule has 2 unspecified atom stereocenters. The Morgan fingerprint density at radius 3 is 2.82 bits per heavy atom. The molecule has 1 heterocycles. The van der Waals surface area contributed by atoms with Crippen LogP contribution in [0.5, 0.6) is 5.88 Å². The van der Waals surface area contributed by atoms with E-state index >= 15 is 0 Å². The normalized spacial score (nSPS) is 27.7. The molecule has 0 saturated heterocycles. The van der Waals surface area contributed by atoms with Crippen LogP contribution < -0.4 is 10.5 Å². The van der Waals surface area contributed by atoms with Gasteiger partial charge < -0.3 is 10.5 Å². The Kier molecular flexibility index (Phi) is 3.27. The highest BCUT2D eigenvalue weighted by Gasteiger charge is 2.33. The van der Waals surface area contributed by atoms with E-state index in [9.17, 15) is 0 Å². The third-order valence-electron chi connectivity index (χ3n) is 3.39. The van der Waals surface area contributed by atoms with Gasteiger partial charge in [0, 0.05) is 18.0 Å². The number of ether oxygens (including phenoxy) is 1. The predicted octanol–water partition coefficient (Wildman–Crippen LogP) is 3.26. The van der Waals surface area contributed by atoms with E-state index in [1.54, 1.807) is 18.3 Å². The predicted molar refractivity (Wildman–Crippen MR) is 69.9 cm³/mol. The molecule has 3 heteroatoms. The summed E-state index contributed by atoms with van der Waals surface area (Å²) < 4.78 is 5.95. The summed E-state index contributed by atoms with van der Waals surface area (Å²) in [5.74, 6) is 1.37. The zero-order valence-corrected chi connectivity index (χ0v) is 10.9. The largest absolute Gasteiger partial charge is 0.474 e. The molecule has 17 heavy (non-hydrogen) atoms. The van der Waals surface area contributed by atoms with Gasteiger partial charge in [0.2, 0.25) is 5.88 Å². The van der Waals surface area contributed by atoms with Crippen molar-refractivity contribution in [2.45, 2.75) is 46.1 Å². The first-order valence-corrected chi connectivity index (χ1v) is 6.33. The molecule has 1 aromatic heterocycles. The molecule has 2 rings (SSSR count). The lowest BCUT2D eigenvalue weighted by Gasteiger charge is -2.38. The van der Waals surface area contributed by atoms with Crippen LogP contribution in [0, 0.1) is 11.3 Å². The molecular weight excluding hydrogens is 212 g/mol. The highest BCUT2D eigenvalue weighted by molar-refractivity contribution is 5.39. The van der Waals surface area contributed by atoms with Crippen LogP contribution in [0.25, 0.3) is 0 Å². The SMILES string of the molecule is CC1CC(Oc2cc(N)ccn2)CC(C)(C)C1. The van der Waals surface area contributed by atoms with Crippen LogP contribution in [0.2, 0.25) is 0 Å². The second-order valence-corrected chi connectivity index (χ2v) is 6.08. The van der Waals surface area contributed by atoms with E-state index in [2.05, 4.69) is 25.8 Å². The van der Waals surface area contributed by atoms with Gasteiger partial charge in [0.1, 0.15) is 6.10 Å². The molecule has 1 aliphatic carbocycles. The molecule has 1 aliphatic rings. The third kappa shape index (κ3) is 3.35. The molecule has 1 aromatic rings. The van der Waals surface area contributed by atoms with E-state index in [-0.39, 0.29) is 6.10 Å². The van der Waals surface area contributed by atoms with Crippen molar-refractivity contribution in [3.8, 4) is 5.88 Å². The summed E-state index contributed by atoms with van der Waals surface area (Å²) in [4.78, 5) is 4.20. The molecule has 0 amide bonds. The van der Waals surface area contributed by atoms with Crippen LogP contribution in [0.4, 0.5) is 5.69 Å². The summed E-state index contributed by atoms with van der Waals surface area (Å²) in [6, 6.07) is 3.58. The van der Waals surface area contributed by atoms with Crippen LogP contribution >= 0.6 is 0 Å². The lowest BCUT2D eigenvalue weighted by molar-refractivity contribution is 0.0533. The summed E-state index contributed by atoms with van der Waals surface area (Å²) in [6.45, 7) is 6.92. The van der Waals surface area contributed by atoms with Crippen molar-refractivity contribution in [3.63, 3.8) is 0 Å². The molecule has 0 bridgehead atoms. The Hall–Kier alpha value is -1.25. The van der Waals surface area contributed by atoms with E-state index in [1.165, 1.54) is 6.42 Å². The highest BCUT2D eigenvalue weighted by Crippen LogP contribution is 2.39. The number of anilines is 1. The van der Waals surface area contributed by atoms with Gasteiger partial charge in [-0.15, -0.1) is 0 Å². The molecule has 0 spiro atoms. The first kappa shape index (κ1) is 12.2. The van der Waals surface area contributed by atoms with Gasteiger partial charge in [-0.1, -0.05) is 20.8 Å². The first-order valence-electron chi connectivity index (χ1n) is 6.33. The molecule has 2 N–H and O–H groups in total. The standard InChI is InChI=1S/C14H22N2O/c1-10-6-12(9-14(2,3)8-10)17-13-7-11(15)4-5-16-13/h4-5,7,10,12H,6,8-9H2,1-3H3,(H2,15,16). The number of pyridine rings is 1. The number of rotatable bonds is 2. The van der Waals surface area contributed by atoms with Crippen molar-refractivity contribution in [2.24, 2.45) is 11.3 Å². The first-order chi connectivity index (χ1) is 7.94. The second kappa shape index (κ2) is 4.55. The maximum absolute atomic E-state index is 5.95. The van der Waals surface area contributed by atoms with Crippen LogP contribution in [-0.2, 0) is 0 Å². The molecule has 0 radical (unpaired) electrons. The van der Waals surface area contributed by atoms with Crippen molar-refractivity contribution >= 4 is 5.69 Å². The van der Waals surface area contributed by atoms with Gasteiger partial charge in [-0.25, -0.2) is 4.98 Å². The van der Waals surface area contributed by atoms with Gasteiger partial charge in [0.25, 0.3) is 0 Å². The fourth-order valence-corrected chi connectivity index (χ4v) is 3.01. The van der Waals surface area contributed by atoms with E-state index < -0.39 is 0 Å². The van der Waals surface area contributed by atoms with Gasteiger partial charge >= 0.3 is 0 Å². The van der Waals surface area contributed by atoms with E-state index in [0.717, 1.165) is 12.8 Å². The Morgan fingerprint density at radius 1 is 1.41 bits per heavy atom. The minimum Gasteiger partial charge on any atom is -0.474 e. The Labute approximate surface area is 103 Å². The molecule has 1 fully saturated rings. The minimum absolute atomic E-state index is 0.267. The summed E-state index contributed by atoms with van der Waals surface area (Å²) in [5.41, 5.74) is 6.79. The Balaban J connectivity index is 2.03. The van der Waals surface area contributed by atoms with Crippen molar-refractivity contribution in [1.29, 1.82) is 0 Å². The van der Waals surface area contributed by atoms with Crippen molar-refractivity contribution in [3.05, 3.63) is 18.3 Å². The number of aromatic nitrogens is 1. The second-order valence-electron chi connectivity index (χ2n) is 6.08. The summed E-state index contributed by atoms with van der Waals surface area (Å²) in [7, 11) is 0. The molecule has 3 nitrogen and oxygen atoms in total. The Bertz CT molecular complexity index is 390. The van der Waals surface area contributed by atoms with Crippen molar-refractivity contribution < 1.29 is 4.74 Å². The minimum atomic E-state index is 0.267. The third-order valence-corrected chi connectivity index (χ3v) is 3.39. The fourth-order valence-electron chi connectivity index (χ4n) is 3.01. The van der Waals surface area contributed by atoms with Crippen LogP contribution in [0.3, 0.4) is 0 Å². The molecule has 0 aromatic carbocycles. The van der Waals surface area contributed by atoms with Crippen LogP contribution in [-0.4, -0.2) is 11.1 Å². The van der Waals surface area contributed by atoms with E-state index in [1.807, 2.05) is 0 Å². The molecule has 1 saturated carbocycles. The average Bonchev–Trinajstić information content (AvgIpc) is 2.13. The number of hydrogen-bond acceptors (Lipinski definition) is 3. The molecular formula is C14H22N2O. The quantitative estimate of drug-likeness (QED) is 0.854. The maximum Gasteiger partial charge on any atom is 0.215 e. The summed E-state index contributed by atoms with van der Waals surface area (Å²) in [6.07, 6.45) is 5.44. The van der Waals surface area contributed by atoms with Crippen molar-refractivity contribution in [2.75, 3.05) is 5.73 Å². The van der Waals surface area contributed by atoms with Gasteiger partial charge in [0.15, 0.2) is 0 Å². The summed E-state index contributed by atoms with van der Waals surface area (Å²) >= 11 is 0. The van der Waals surface area contributed by atoms with Gasteiger partial charge in [0.05, 0.1) is 0 Å². The van der Waals surface area contributed by atoms with Crippen LogP contribution in [0.15, 0.2) is 18.3 Å². The lowest BCUT2D eigenvalue weighted by atomic mass is 9.71. The molecule has 0 aliphatic heterocycles. The smallest absolute Gasteiger partial charge is 0.215 e. The zero-order valence-electron chi connectivity index (χ0n) is 10.9. The monoisotopic (exact) mass is 234 g/mol. The van der Waals surface area contributed by atoms with Crippen LogP contribution in [0.1, 0.15) is 40.0 Å². The molecule has 2 atom stereocenters. The number of nitrogens with two attached hydrogens (primary N) is 1. The Morgan fingerprint density at radius 2 is 2.18 bits per heavy atom. The van der Waals surface area contributed by atoms with Crippen molar-refractivity contribution in [1.82, 2.24) is 4.98 Å². The molecule has 94 valence electrons. The number of hydrogen-bond donors (Lipinski definition) is 1. The van der Waals surface area contributed by atoms with Gasteiger partial charge in [-0.2, -0.15) is 0 Å². The topological polar surface area (TPSA) is 48.1 Å². The summed E-state index contributed by atoms with van der Waals surface area (Å²) in [5, 5.41) is 0. The lowest BCUT2D eigenvalue weighted by Crippen LogP contribution is -2.34. The fraction of sp³-hybridized carbons (Fsp3) is 0.643. The van der Waals surface area contributed by atoms with Gasteiger partial charge in [-0.05, 0) is 36.7 Å². The van der Waals surface area contributed by atoms with E-state index in [4.69, 9.17) is 10.5 Å². The zero-order chi connectivity index (χ0) is 12.5. The highest BCUT2D eigenvalue weighted by atomic mass is 16.5. The van der Waals surface area contributed by atoms with Gasteiger partial charge in [-0.3, -0.25) is 0 Å². The number of nitrogen functional groups attached to an aromatic ring is 1. The average molecular weight is 234 g/mol.